The number of hydrogen-bond acceptors (Lipinski definition) is 7. The fourth-order valence-electron chi connectivity index (χ4n) is 2.86. The minimum atomic E-state index is -0.597. The Morgan fingerprint density at radius 2 is 1.71 bits per heavy atom. The fraction of sp³-hybridized carbons (Fsp3) is 0.300. The second kappa shape index (κ2) is 8.08. The molecule has 1 saturated heterocycles. The maximum absolute atomic E-state index is 12.2. The molecule has 0 radical (unpaired) electrons. The van der Waals surface area contributed by atoms with Crippen molar-refractivity contribution in [1.29, 1.82) is 0 Å². The molecule has 1 fully saturated rings. The van der Waals surface area contributed by atoms with Gasteiger partial charge in [0.2, 0.25) is 17.6 Å². The van der Waals surface area contributed by atoms with Crippen LogP contribution in [0.2, 0.25) is 0 Å². The molecule has 0 spiro atoms. The molecule has 2 heterocycles. The molecule has 1 aromatic heterocycles. The molecule has 2 aromatic rings. The van der Waals surface area contributed by atoms with E-state index in [1.54, 1.807) is 37.3 Å². The lowest BCUT2D eigenvalue weighted by Crippen LogP contribution is -2.28. The standard InChI is InChI=1S/C20H19NO7/c1-12-9-15(28-18(12)20(25)26-2)11-27-19(24)14-5-3-13(4-6-14)10-21-16(22)7-8-17(21)23/h3-6,9H,7-8,10-11H2,1-2H3. The predicted molar refractivity (Wildman–Crippen MR) is 95.1 cm³/mol. The number of ether oxygens (including phenoxy) is 2. The van der Waals surface area contributed by atoms with Crippen molar-refractivity contribution in [2.75, 3.05) is 7.11 Å². The maximum Gasteiger partial charge on any atom is 0.374 e. The van der Waals surface area contributed by atoms with Crippen LogP contribution < -0.4 is 0 Å². The second-order valence-corrected chi connectivity index (χ2v) is 6.36. The molecule has 3 rings (SSSR count). The summed E-state index contributed by atoms with van der Waals surface area (Å²) in [6.07, 6.45) is 0.486. The summed E-state index contributed by atoms with van der Waals surface area (Å²) < 4.78 is 15.2. The average molecular weight is 385 g/mol. The van der Waals surface area contributed by atoms with Gasteiger partial charge in [-0.25, -0.2) is 9.59 Å². The highest BCUT2D eigenvalue weighted by atomic mass is 16.6. The number of aryl methyl sites for hydroxylation is 1. The van der Waals surface area contributed by atoms with Crippen molar-refractivity contribution in [2.45, 2.75) is 32.9 Å². The molecule has 2 amide bonds. The summed E-state index contributed by atoms with van der Waals surface area (Å²) in [4.78, 5) is 48.3. The van der Waals surface area contributed by atoms with Crippen LogP contribution >= 0.6 is 0 Å². The van der Waals surface area contributed by atoms with Crippen molar-refractivity contribution < 1.29 is 33.1 Å². The van der Waals surface area contributed by atoms with Gasteiger partial charge in [-0.1, -0.05) is 12.1 Å². The van der Waals surface area contributed by atoms with Crippen molar-refractivity contribution in [3.8, 4) is 0 Å². The zero-order valence-corrected chi connectivity index (χ0v) is 15.5. The fourth-order valence-corrected chi connectivity index (χ4v) is 2.86. The van der Waals surface area contributed by atoms with Gasteiger partial charge in [-0.2, -0.15) is 0 Å². The van der Waals surface area contributed by atoms with Crippen LogP contribution in [0.3, 0.4) is 0 Å². The second-order valence-electron chi connectivity index (χ2n) is 6.36. The van der Waals surface area contributed by atoms with E-state index in [0.717, 1.165) is 5.56 Å². The monoisotopic (exact) mass is 385 g/mol. The summed E-state index contributed by atoms with van der Waals surface area (Å²) in [7, 11) is 1.25. The van der Waals surface area contributed by atoms with Gasteiger partial charge >= 0.3 is 11.9 Å². The number of nitrogens with zero attached hydrogens (tertiary/aromatic N) is 1. The normalized spacial score (nSPS) is 13.7. The van der Waals surface area contributed by atoms with Crippen LogP contribution in [-0.2, 0) is 32.2 Å². The molecule has 28 heavy (non-hydrogen) atoms. The van der Waals surface area contributed by atoms with Gasteiger partial charge in [0, 0.05) is 18.4 Å². The third-order valence-electron chi connectivity index (χ3n) is 4.37. The number of esters is 2. The average Bonchev–Trinajstić information content (AvgIpc) is 3.22. The Hall–Kier alpha value is -3.42. The highest BCUT2D eigenvalue weighted by Crippen LogP contribution is 2.18. The number of carbonyl (C=O) groups excluding carboxylic acids is 4. The van der Waals surface area contributed by atoms with Gasteiger partial charge in [0.05, 0.1) is 19.2 Å². The van der Waals surface area contributed by atoms with E-state index in [1.807, 2.05) is 0 Å². The van der Waals surface area contributed by atoms with Crippen LogP contribution in [0, 0.1) is 6.92 Å². The Labute approximate surface area is 161 Å². The first kappa shape index (κ1) is 19.3. The van der Waals surface area contributed by atoms with E-state index in [4.69, 9.17) is 9.15 Å². The zero-order valence-electron chi connectivity index (χ0n) is 15.5. The van der Waals surface area contributed by atoms with Gasteiger partial charge in [-0.05, 0) is 30.7 Å². The quantitative estimate of drug-likeness (QED) is 0.555. The van der Waals surface area contributed by atoms with Crippen molar-refractivity contribution in [1.82, 2.24) is 4.90 Å². The number of amides is 2. The van der Waals surface area contributed by atoms with Crippen molar-refractivity contribution in [3.05, 3.63) is 58.5 Å². The van der Waals surface area contributed by atoms with Crippen LogP contribution in [-0.4, -0.2) is 35.8 Å². The SMILES string of the molecule is COC(=O)c1oc(COC(=O)c2ccc(CN3C(=O)CCC3=O)cc2)cc1C. The number of methoxy groups -OCH3 is 1. The smallest absolute Gasteiger partial charge is 0.374 e. The largest absolute Gasteiger partial charge is 0.463 e. The van der Waals surface area contributed by atoms with Crippen LogP contribution in [0.25, 0.3) is 0 Å². The Kier molecular flexibility index (Phi) is 5.58. The summed E-state index contributed by atoms with van der Waals surface area (Å²) in [5, 5.41) is 0. The number of furan rings is 1. The Morgan fingerprint density at radius 1 is 1.07 bits per heavy atom. The highest BCUT2D eigenvalue weighted by Gasteiger charge is 2.28. The molecule has 0 aliphatic carbocycles. The summed E-state index contributed by atoms with van der Waals surface area (Å²) in [5.41, 5.74) is 1.65. The molecular weight excluding hydrogens is 366 g/mol. The van der Waals surface area contributed by atoms with Gasteiger partial charge < -0.3 is 13.9 Å². The molecule has 1 aromatic carbocycles. The van der Waals surface area contributed by atoms with Gasteiger partial charge in [0.15, 0.2) is 0 Å². The molecule has 0 saturated carbocycles. The molecule has 0 unspecified atom stereocenters. The van der Waals surface area contributed by atoms with Crippen LogP contribution in [0.15, 0.2) is 34.7 Å². The molecule has 0 N–H and O–H groups in total. The molecule has 146 valence electrons. The van der Waals surface area contributed by atoms with Crippen LogP contribution in [0.4, 0.5) is 0 Å². The zero-order chi connectivity index (χ0) is 20.3. The lowest BCUT2D eigenvalue weighted by molar-refractivity contribution is -0.139. The summed E-state index contributed by atoms with van der Waals surface area (Å²) in [5.74, 6) is -1.13. The third kappa shape index (κ3) is 4.11. The lowest BCUT2D eigenvalue weighted by atomic mass is 10.1. The molecule has 1 aliphatic rings. The minimum absolute atomic E-state index is 0.0731. The molecule has 0 bridgehead atoms. The van der Waals surface area contributed by atoms with Crippen LogP contribution in [0.5, 0.6) is 0 Å². The third-order valence-corrected chi connectivity index (χ3v) is 4.37. The highest BCUT2D eigenvalue weighted by molar-refractivity contribution is 6.01. The summed E-state index contributed by atoms with van der Waals surface area (Å²) >= 11 is 0. The molecule has 8 nitrogen and oxygen atoms in total. The number of rotatable bonds is 6. The van der Waals surface area contributed by atoms with E-state index >= 15 is 0 Å². The molecular formula is C20H19NO7. The van der Waals surface area contributed by atoms with E-state index < -0.39 is 11.9 Å². The van der Waals surface area contributed by atoms with E-state index in [2.05, 4.69) is 4.74 Å². The molecule has 0 atom stereocenters. The van der Waals surface area contributed by atoms with Gasteiger partial charge in [-0.3, -0.25) is 14.5 Å². The summed E-state index contributed by atoms with van der Waals surface area (Å²) in [6.45, 7) is 1.75. The predicted octanol–water partition coefficient (Wildman–Crippen LogP) is 2.38. The van der Waals surface area contributed by atoms with E-state index in [9.17, 15) is 19.2 Å². The van der Waals surface area contributed by atoms with Crippen molar-refractivity contribution in [3.63, 3.8) is 0 Å². The summed E-state index contributed by atoms with van der Waals surface area (Å²) in [6, 6.07) is 8.07. The van der Waals surface area contributed by atoms with Crippen molar-refractivity contribution in [2.24, 2.45) is 0 Å². The van der Waals surface area contributed by atoms with E-state index in [-0.39, 0.29) is 43.6 Å². The lowest BCUT2D eigenvalue weighted by Gasteiger charge is -2.13. The Morgan fingerprint density at radius 3 is 2.32 bits per heavy atom. The Bertz CT molecular complexity index is 911. The van der Waals surface area contributed by atoms with Crippen molar-refractivity contribution >= 4 is 23.8 Å². The first-order valence-electron chi connectivity index (χ1n) is 8.66. The molecule has 8 heteroatoms. The van der Waals surface area contributed by atoms with Gasteiger partial charge in [0.25, 0.3) is 0 Å². The first-order valence-corrected chi connectivity index (χ1v) is 8.66. The number of carbonyl (C=O) groups is 4. The maximum atomic E-state index is 12.2. The number of imide groups is 1. The number of benzene rings is 1. The van der Waals surface area contributed by atoms with Gasteiger partial charge in [-0.15, -0.1) is 0 Å². The number of likely N-dealkylation sites (tertiary alicyclic amines) is 1. The van der Waals surface area contributed by atoms with E-state index in [0.29, 0.717) is 16.9 Å². The minimum Gasteiger partial charge on any atom is -0.463 e. The van der Waals surface area contributed by atoms with E-state index in [1.165, 1.54) is 12.0 Å². The topological polar surface area (TPSA) is 103 Å². The Balaban J connectivity index is 1.58. The number of hydrogen-bond donors (Lipinski definition) is 0. The first-order chi connectivity index (χ1) is 13.4. The van der Waals surface area contributed by atoms with Crippen LogP contribution in [0.1, 0.15) is 50.6 Å². The van der Waals surface area contributed by atoms with Gasteiger partial charge in [0.1, 0.15) is 12.4 Å². The molecule has 1 aliphatic heterocycles.